The van der Waals surface area contributed by atoms with Gasteiger partial charge in [0.25, 0.3) is 0 Å². The van der Waals surface area contributed by atoms with Crippen LogP contribution in [-0.2, 0) is 0 Å². The third-order valence-corrected chi connectivity index (χ3v) is 3.92. The molecule has 0 amide bonds. The molecule has 0 radical (unpaired) electrons. The Hall–Kier alpha value is -1.80. The number of benzene rings is 2. The Morgan fingerprint density at radius 2 is 1.68 bits per heavy atom. The molecule has 2 aromatic carbocycles. The molecule has 2 atom stereocenters. The van der Waals surface area contributed by atoms with Crippen LogP contribution in [0.4, 0.5) is 0 Å². The van der Waals surface area contributed by atoms with Crippen molar-refractivity contribution in [1.29, 1.82) is 0 Å². The minimum Gasteiger partial charge on any atom is -0.497 e. The largest absolute Gasteiger partial charge is 0.497 e. The Morgan fingerprint density at radius 3 is 2.37 bits per heavy atom. The molecule has 1 fully saturated rings. The highest BCUT2D eigenvalue weighted by atomic mass is 16.5. The summed E-state index contributed by atoms with van der Waals surface area (Å²) in [4.78, 5) is 0. The number of rotatable bonds is 3. The minimum atomic E-state index is 0.410. The van der Waals surface area contributed by atoms with Crippen molar-refractivity contribution in [3.8, 4) is 5.75 Å². The van der Waals surface area contributed by atoms with Crippen molar-refractivity contribution in [3.63, 3.8) is 0 Å². The van der Waals surface area contributed by atoms with E-state index < -0.39 is 0 Å². The van der Waals surface area contributed by atoms with Crippen LogP contribution in [0.5, 0.6) is 5.75 Å². The van der Waals surface area contributed by atoms with Crippen LogP contribution >= 0.6 is 0 Å². The summed E-state index contributed by atoms with van der Waals surface area (Å²) in [5, 5.41) is 3.62. The van der Waals surface area contributed by atoms with Gasteiger partial charge in [-0.25, -0.2) is 0 Å². The maximum absolute atomic E-state index is 5.22. The summed E-state index contributed by atoms with van der Waals surface area (Å²) < 4.78 is 5.22. The van der Waals surface area contributed by atoms with Crippen molar-refractivity contribution in [1.82, 2.24) is 5.32 Å². The highest BCUT2D eigenvalue weighted by Gasteiger charge is 2.29. The molecule has 1 saturated heterocycles. The highest BCUT2D eigenvalue weighted by molar-refractivity contribution is 5.33. The van der Waals surface area contributed by atoms with Crippen LogP contribution in [0, 0.1) is 0 Å². The average Bonchev–Trinajstić information content (AvgIpc) is 2.98. The second-order valence-electron chi connectivity index (χ2n) is 5.01. The van der Waals surface area contributed by atoms with Gasteiger partial charge in [-0.1, -0.05) is 42.5 Å². The predicted molar refractivity (Wildman–Crippen MR) is 77.5 cm³/mol. The van der Waals surface area contributed by atoms with Crippen LogP contribution < -0.4 is 10.1 Å². The first-order valence-corrected chi connectivity index (χ1v) is 6.81. The summed E-state index contributed by atoms with van der Waals surface area (Å²) >= 11 is 0. The van der Waals surface area contributed by atoms with E-state index in [-0.39, 0.29) is 0 Å². The predicted octanol–water partition coefficient (Wildman–Crippen LogP) is 3.51. The second kappa shape index (κ2) is 5.45. The third-order valence-electron chi connectivity index (χ3n) is 3.92. The Bertz CT molecular complexity index is 521. The number of hydrogen-bond donors (Lipinski definition) is 1. The third kappa shape index (κ3) is 2.49. The van der Waals surface area contributed by atoms with Gasteiger partial charge in [0.2, 0.25) is 0 Å². The summed E-state index contributed by atoms with van der Waals surface area (Å²) in [6, 6.07) is 19.6. The topological polar surface area (TPSA) is 21.3 Å². The molecule has 1 heterocycles. The molecule has 2 heteroatoms. The van der Waals surface area contributed by atoms with Crippen LogP contribution in [0.2, 0.25) is 0 Å². The first kappa shape index (κ1) is 12.2. The molecule has 0 aromatic heterocycles. The second-order valence-corrected chi connectivity index (χ2v) is 5.01. The molecule has 0 saturated carbocycles. The van der Waals surface area contributed by atoms with Crippen LogP contribution in [0.3, 0.4) is 0 Å². The van der Waals surface area contributed by atoms with E-state index >= 15 is 0 Å². The Kier molecular flexibility index (Phi) is 3.51. The first-order valence-electron chi connectivity index (χ1n) is 6.81. The summed E-state index contributed by atoms with van der Waals surface area (Å²) in [5.74, 6) is 1.48. The van der Waals surface area contributed by atoms with Gasteiger partial charge < -0.3 is 10.1 Å². The van der Waals surface area contributed by atoms with Crippen LogP contribution in [0.25, 0.3) is 0 Å². The minimum absolute atomic E-state index is 0.410. The zero-order valence-electron chi connectivity index (χ0n) is 11.2. The fraction of sp³-hybridized carbons (Fsp3) is 0.294. The quantitative estimate of drug-likeness (QED) is 0.903. The van der Waals surface area contributed by atoms with Gasteiger partial charge in [0.05, 0.1) is 7.11 Å². The van der Waals surface area contributed by atoms with Gasteiger partial charge in [0.1, 0.15) is 5.75 Å². The van der Waals surface area contributed by atoms with Gasteiger partial charge in [0.15, 0.2) is 0 Å². The molecule has 2 nitrogen and oxygen atoms in total. The molecule has 98 valence electrons. The van der Waals surface area contributed by atoms with Crippen molar-refractivity contribution in [2.75, 3.05) is 13.7 Å². The summed E-state index contributed by atoms with van der Waals surface area (Å²) in [6.45, 7) is 1.08. The van der Waals surface area contributed by atoms with E-state index in [1.165, 1.54) is 17.5 Å². The number of methoxy groups -OCH3 is 1. The van der Waals surface area contributed by atoms with Gasteiger partial charge in [-0.05, 0) is 36.2 Å². The average molecular weight is 253 g/mol. The molecular formula is C17H19NO. The SMILES string of the molecule is COc1ccc(C2NCCC2c2ccccc2)cc1. The van der Waals surface area contributed by atoms with Crippen molar-refractivity contribution in [2.45, 2.75) is 18.4 Å². The molecule has 1 aliphatic heterocycles. The van der Waals surface area contributed by atoms with Crippen molar-refractivity contribution in [3.05, 3.63) is 65.7 Å². The molecule has 0 spiro atoms. The summed E-state index contributed by atoms with van der Waals surface area (Å²) in [6.07, 6.45) is 1.20. The molecule has 0 bridgehead atoms. The zero-order chi connectivity index (χ0) is 13.1. The Labute approximate surface area is 114 Å². The molecule has 1 N–H and O–H groups in total. The van der Waals surface area contributed by atoms with E-state index in [2.05, 4.69) is 47.8 Å². The molecular weight excluding hydrogens is 234 g/mol. The van der Waals surface area contributed by atoms with Gasteiger partial charge >= 0.3 is 0 Å². The first-order chi connectivity index (χ1) is 9.38. The van der Waals surface area contributed by atoms with E-state index in [9.17, 15) is 0 Å². The fourth-order valence-electron chi connectivity index (χ4n) is 2.92. The van der Waals surface area contributed by atoms with Crippen LogP contribution in [0.15, 0.2) is 54.6 Å². The normalized spacial score (nSPS) is 22.4. The Morgan fingerprint density at radius 1 is 0.947 bits per heavy atom. The zero-order valence-corrected chi connectivity index (χ0v) is 11.2. The number of ether oxygens (including phenoxy) is 1. The van der Waals surface area contributed by atoms with E-state index in [4.69, 9.17) is 4.74 Å². The van der Waals surface area contributed by atoms with Gasteiger partial charge in [-0.15, -0.1) is 0 Å². The van der Waals surface area contributed by atoms with Crippen molar-refractivity contribution < 1.29 is 4.74 Å². The lowest BCUT2D eigenvalue weighted by atomic mass is 9.88. The van der Waals surface area contributed by atoms with E-state index in [0.29, 0.717) is 12.0 Å². The smallest absolute Gasteiger partial charge is 0.118 e. The lowest BCUT2D eigenvalue weighted by Gasteiger charge is -2.20. The van der Waals surface area contributed by atoms with Crippen molar-refractivity contribution >= 4 is 0 Å². The molecule has 19 heavy (non-hydrogen) atoms. The maximum Gasteiger partial charge on any atom is 0.118 e. The molecule has 3 rings (SSSR count). The van der Waals surface area contributed by atoms with Crippen molar-refractivity contribution in [2.24, 2.45) is 0 Å². The molecule has 2 aromatic rings. The summed E-state index contributed by atoms with van der Waals surface area (Å²) in [5.41, 5.74) is 2.76. The van der Waals surface area contributed by atoms with Gasteiger partial charge in [-0.3, -0.25) is 0 Å². The molecule has 1 aliphatic rings. The van der Waals surface area contributed by atoms with E-state index in [1.807, 2.05) is 12.1 Å². The highest BCUT2D eigenvalue weighted by Crippen LogP contribution is 2.37. The fourth-order valence-corrected chi connectivity index (χ4v) is 2.92. The molecule has 2 unspecified atom stereocenters. The molecule has 0 aliphatic carbocycles. The van der Waals surface area contributed by atoms with Gasteiger partial charge in [-0.2, -0.15) is 0 Å². The van der Waals surface area contributed by atoms with E-state index in [0.717, 1.165) is 12.3 Å². The number of nitrogens with one attached hydrogen (secondary N) is 1. The maximum atomic E-state index is 5.22. The van der Waals surface area contributed by atoms with Gasteiger partial charge in [0, 0.05) is 12.0 Å². The standard InChI is InChI=1S/C17H19NO/c1-19-15-9-7-14(8-10-15)17-16(11-12-18-17)13-5-3-2-4-6-13/h2-10,16-18H,11-12H2,1H3. The number of hydrogen-bond acceptors (Lipinski definition) is 2. The lowest BCUT2D eigenvalue weighted by molar-refractivity contribution is 0.414. The monoisotopic (exact) mass is 253 g/mol. The lowest BCUT2D eigenvalue weighted by Crippen LogP contribution is -2.16. The van der Waals surface area contributed by atoms with Crippen LogP contribution in [0.1, 0.15) is 29.5 Å². The van der Waals surface area contributed by atoms with E-state index in [1.54, 1.807) is 7.11 Å². The summed E-state index contributed by atoms with van der Waals surface area (Å²) in [7, 11) is 1.70. The Balaban J connectivity index is 1.86. The van der Waals surface area contributed by atoms with Crippen LogP contribution in [-0.4, -0.2) is 13.7 Å².